The second-order valence-electron chi connectivity index (χ2n) is 4.96. The predicted octanol–water partition coefficient (Wildman–Crippen LogP) is 3.79. The average Bonchev–Trinajstić information content (AvgIpc) is 3.04. The summed E-state index contributed by atoms with van der Waals surface area (Å²) in [4.78, 5) is 17.3. The van der Waals surface area contributed by atoms with Gasteiger partial charge in [-0.2, -0.15) is 0 Å². The van der Waals surface area contributed by atoms with Crippen LogP contribution in [0.2, 0.25) is 0 Å². The lowest BCUT2D eigenvalue weighted by Crippen LogP contribution is -2.08. The Labute approximate surface area is 127 Å². The Morgan fingerprint density at radius 1 is 1.48 bits per heavy atom. The number of esters is 1. The highest BCUT2D eigenvalue weighted by molar-refractivity contribution is 7.13. The van der Waals surface area contributed by atoms with Gasteiger partial charge in [0.2, 0.25) is 11.7 Å². The predicted molar refractivity (Wildman–Crippen MR) is 80.9 cm³/mol. The number of hydrogen-bond acceptors (Lipinski definition) is 6. The second kappa shape index (κ2) is 6.76. The smallest absolute Gasteiger partial charge is 0.376 e. The first-order valence-electron chi connectivity index (χ1n) is 6.84. The zero-order valence-corrected chi connectivity index (χ0v) is 13.5. The van der Waals surface area contributed by atoms with Crippen molar-refractivity contribution >= 4 is 17.3 Å². The molecule has 2 rings (SSSR count). The zero-order valence-electron chi connectivity index (χ0n) is 12.6. The molecule has 21 heavy (non-hydrogen) atoms. The van der Waals surface area contributed by atoms with Crippen LogP contribution >= 0.6 is 11.3 Å². The Bertz CT molecular complexity index is 615. The molecule has 0 radical (unpaired) electrons. The van der Waals surface area contributed by atoms with Crippen molar-refractivity contribution in [1.82, 2.24) is 4.98 Å². The third-order valence-corrected chi connectivity index (χ3v) is 3.68. The van der Waals surface area contributed by atoms with Gasteiger partial charge in [0, 0.05) is 11.4 Å². The molecule has 114 valence electrons. The molecular weight excluding hydrogens is 290 g/mol. The van der Waals surface area contributed by atoms with E-state index >= 15 is 0 Å². The van der Waals surface area contributed by atoms with Crippen LogP contribution < -0.4 is 4.74 Å². The monoisotopic (exact) mass is 309 g/mol. The first-order valence-corrected chi connectivity index (χ1v) is 7.72. The van der Waals surface area contributed by atoms with Gasteiger partial charge < -0.3 is 13.9 Å². The SMILES string of the molecule is CCOC(=O)c1oc(-c2cc(OC)cs2)nc1CC(C)C. The maximum atomic E-state index is 12.0. The maximum absolute atomic E-state index is 12.0. The minimum atomic E-state index is -0.463. The van der Waals surface area contributed by atoms with Crippen LogP contribution in [0.15, 0.2) is 15.9 Å². The van der Waals surface area contributed by atoms with Crippen molar-refractivity contribution in [3.63, 3.8) is 0 Å². The van der Waals surface area contributed by atoms with Gasteiger partial charge >= 0.3 is 5.97 Å². The molecule has 0 atom stereocenters. The number of carbonyl (C=O) groups is 1. The number of aromatic nitrogens is 1. The highest BCUT2D eigenvalue weighted by atomic mass is 32.1. The van der Waals surface area contributed by atoms with Crippen molar-refractivity contribution < 1.29 is 18.7 Å². The molecule has 2 aromatic rings. The Morgan fingerprint density at radius 3 is 2.81 bits per heavy atom. The van der Waals surface area contributed by atoms with Crippen LogP contribution in [0.25, 0.3) is 10.8 Å². The number of ether oxygens (including phenoxy) is 2. The molecule has 2 heterocycles. The van der Waals surface area contributed by atoms with E-state index < -0.39 is 5.97 Å². The molecule has 6 heteroatoms. The van der Waals surface area contributed by atoms with Crippen molar-refractivity contribution in [1.29, 1.82) is 0 Å². The summed E-state index contributed by atoms with van der Waals surface area (Å²) >= 11 is 1.46. The van der Waals surface area contributed by atoms with Crippen molar-refractivity contribution in [3.05, 3.63) is 22.9 Å². The molecule has 0 bridgehead atoms. The average molecular weight is 309 g/mol. The summed E-state index contributed by atoms with van der Waals surface area (Å²) in [5.41, 5.74) is 0.644. The van der Waals surface area contributed by atoms with E-state index in [2.05, 4.69) is 18.8 Å². The number of carbonyl (C=O) groups excluding carboxylic acids is 1. The molecule has 0 spiro atoms. The van der Waals surface area contributed by atoms with E-state index in [1.807, 2.05) is 11.4 Å². The molecule has 0 aliphatic heterocycles. The van der Waals surface area contributed by atoms with Crippen molar-refractivity contribution in [3.8, 4) is 16.5 Å². The van der Waals surface area contributed by atoms with Gasteiger partial charge in [0.25, 0.3) is 0 Å². The molecule has 0 aliphatic rings. The lowest BCUT2D eigenvalue weighted by atomic mass is 10.1. The standard InChI is InChI=1S/C15H19NO4S/c1-5-19-15(17)13-11(6-9(2)3)16-14(20-13)12-7-10(18-4)8-21-12/h7-9H,5-6H2,1-4H3. The van der Waals surface area contributed by atoms with Crippen LogP contribution in [0.3, 0.4) is 0 Å². The number of hydrogen-bond donors (Lipinski definition) is 0. The number of rotatable bonds is 6. The van der Waals surface area contributed by atoms with Gasteiger partial charge in [-0.15, -0.1) is 11.3 Å². The molecule has 0 N–H and O–H groups in total. The van der Waals surface area contributed by atoms with E-state index in [4.69, 9.17) is 13.9 Å². The van der Waals surface area contributed by atoms with Crippen LogP contribution in [0.4, 0.5) is 0 Å². The van der Waals surface area contributed by atoms with Crippen LogP contribution in [0.5, 0.6) is 5.75 Å². The summed E-state index contributed by atoms with van der Waals surface area (Å²) < 4.78 is 15.8. The molecule has 0 saturated carbocycles. The molecule has 2 aromatic heterocycles. The van der Waals surface area contributed by atoms with Gasteiger partial charge in [-0.25, -0.2) is 9.78 Å². The van der Waals surface area contributed by atoms with E-state index in [1.54, 1.807) is 14.0 Å². The highest BCUT2D eigenvalue weighted by Gasteiger charge is 2.23. The molecule has 0 saturated heterocycles. The third-order valence-electron chi connectivity index (χ3n) is 2.78. The van der Waals surface area contributed by atoms with Gasteiger partial charge in [-0.05, 0) is 19.3 Å². The molecule has 0 fully saturated rings. The van der Waals surface area contributed by atoms with Gasteiger partial charge in [0.05, 0.1) is 24.3 Å². The summed E-state index contributed by atoms with van der Waals surface area (Å²) in [6.07, 6.45) is 0.667. The Balaban J connectivity index is 2.36. The van der Waals surface area contributed by atoms with Crippen LogP contribution in [0, 0.1) is 5.92 Å². The number of nitrogens with zero attached hydrogens (tertiary/aromatic N) is 1. The van der Waals surface area contributed by atoms with Gasteiger partial charge in [-0.3, -0.25) is 0 Å². The van der Waals surface area contributed by atoms with E-state index in [0.29, 0.717) is 30.5 Å². The van der Waals surface area contributed by atoms with Crippen LogP contribution in [-0.4, -0.2) is 24.7 Å². The first kappa shape index (κ1) is 15.6. The summed E-state index contributed by atoms with van der Waals surface area (Å²) in [5, 5.41) is 1.87. The Hall–Kier alpha value is -1.82. The second-order valence-corrected chi connectivity index (χ2v) is 5.88. The highest BCUT2D eigenvalue weighted by Crippen LogP contribution is 2.32. The van der Waals surface area contributed by atoms with E-state index in [1.165, 1.54) is 11.3 Å². The summed E-state index contributed by atoms with van der Waals surface area (Å²) in [7, 11) is 1.61. The van der Waals surface area contributed by atoms with Gasteiger partial charge in [-0.1, -0.05) is 13.8 Å². The van der Waals surface area contributed by atoms with E-state index in [-0.39, 0.29) is 5.76 Å². The Morgan fingerprint density at radius 2 is 2.24 bits per heavy atom. The summed E-state index contributed by atoms with van der Waals surface area (Å²) in [6, 6.07) is 1.84. The minimum Gasteiger partial charge on any atom is -0.496 e. The largest absolute Gasteiger partial charge is 0.496 e. The molecule has 5 nitrogen and oxygen atoms in total. The lowest BCUT2D eigenvalue weighted by molar-refractivity contribution is 0.0489. The summed E-state index contributed by atoms with van der Waals surface area (Å²) in [6.45, 7) is 6.21. The number of methoxy groups -OCH3 is 1. The fourth-order valence-electron chi connectivity index (χ4n) is 1.88. The fourth-order valence-corrected chi connectivity index (χ4v) is 2.66. The number of oxazole rings is 1. The molecule has 0 unspecified atom stereocenters. The molecule has 0 amide bonds. The van der Waals surface area contributed by atoms with Gasteiger partial charge in [0.1, 0.15) is 5.75 Å². The molecule has 0 aromatic carbocycles. The van der Waals surface area contributed by atoms with Gasteiger partial charge in [0.15, 0.2) is 0 Å². The summed E-state index contributed by atoms with van der Waals surface area (Å²) in [5.74, 6) is 1.29. The van der Waals surface area contributed by atoms with Crippen LogP contribution in [-0.2, 0) is 11.2 Å². The number of thiophene rings is 1. The normalized spacial score (nSPS) is 10.9. The van der Waals surface area contributed by atoms with Crippen LogP contribution in [0.1, 0.15) is 37.0 Å². The third kappa shape index (κ3) is 3.64. The molecular formula is C15H19NO4S. The lowest BCUT2D eigenvalue weighted by Gasteiger charge is -2.02. The maximum Gasteiger partial charge on any atom is 0.376 e. The topological polar surface area (TPSA) is 61.6 Å². The minimum absolute atomic E-state index is 0.202. The van der Waals surface area contributed by atoms with Crippen molar-refractivity contribution in [2.45, 2.75) is 27.2 Å². The molecule has 0 aliphatic carbocycles. The zero-order chi connectivity index (χ0) is 15.4. The van der Waals surface area contributed by atoms with E-state index in [0.717, 1.165) is 10.6 Å². The van der Waals surface area contributed by atoms with Crippen molar-refractivity contribution in [2.75, 3.05) is 13.7 Å². The van der Waals surface area contributed by atoms with Crippen molar-refractivity contribution in [2.24, 2.45) is 5.92 Å². The fraction of sp³-hybridized carbons (Fsp3) is 0.467. The van der Waals surface area contributed by atoms with E-state index in [9.17, 15) is 4.79 Å². The Kier molecular flexibility index (Phi) is 5.01. The first-order chi connectivity index (χ1) is 10.0. The quantitative estimate of drug-likeness (QED) is 0.760.